The fraction of sp³-hybridized carbons (Fsp3) is 0.643. The molecule has 0 radical (unpaired) electrons. The molecule has 1 N–H and O–H groups in total. The molecule has 4 aliphatic heterocycles. The molecule has 33 heavy (non-hydrogen) atoms. The maximum absolute atomic E-state index is 11.8. The fourth-order valence-corrected chi connectivity index (χ4v) is 5.56. The molecule has 0 aromatic carbocycles. The Morgan fingerprint density at radius 1 is 0.788 bits per heavy atom. The molecule has 5 heteroatoms. The Labute approximate surface area is 202 Å². The Bertz CT molecular complexity index is 711. The number of carbonyl (C=O) groups is 2. The van der Waals surface area contributed by atoms with Gasteiger partial charge in [-0.2, -0.15) is 0 Å². The lowest BCUT2D eigenvalue weighted by Crippen LogP contribution is -2.26. The number of nitrogens with zero attached hydrogens (tertiary/aromatic N) is 1. The van der Waals surface area contributed by atoms with Crippen molar-refractivity contribution in [2.24, 2.45) is 35.5 Å². The average Bonchev–Trinajstić information content (AvgIpc) is 3.71. The normalized spacial score (nSPS) is 36.6. The minimum atomic E-state index is -0.00694. The SMILES string of the molecule is C=C1C2C3C=CC(C3)C2C(=O)N1C.C=C1NC(=O)C2C3C=CC(O3)C12.CC.CC.CC.CC. The highest BCUT2D eigenvalue weighted by Gasteiger charge is 2.55. The van der Waals surface area contributed by atoms with Crippen LogP contribution in [-0.4, -0.2) is 36.0 Å². The van der Waals surface area contributed by atoms with Crippen molar-refractivity contribution in [3.8, 4) is 0 Å². The molecule has 2 aliphatic carbocycles. The number of fused-ring (bicyclic) bond motifs is 10. The van der Waals surface area contributed by atoms with Crippen LogP contribution in [0.25, 0.3) is 0 Å². The van der Waals surface area contributed by atoms with Crippen molar-refractivity contribution in [1.29, 1.82) is 0 Å². The van der Waals surface area contributed by atoms with Crippen molar-refractivity contribution in [1.82, 2.24) is 10.2 Å². The predicted octanol–water partition coefficient (Wildman–Crippen LogP) is 5.71. The van der Waals surface area contributed by atoms with Gasteiger partial charge in [0.15, 0.2) is 0 Å². The summed E-state index contributed by atoms with van der Waals surface area (Å²) in [6.45, 7) is 23.8. The van der Waals surface area contributed by atoms with Crippen molar-refractivity contribution in [2.75, 3.05) is 7.05 Å². The van der Waals surface area contributed by atoms with E-state index in [4.69, 9.17) is 4.74 Å². The molecule has 4 fully saturated rings. The van der Waals surface area contributed by atoms with Crippen LogP contribution in [0.4, 0.5) is 0 Å². The number of hydrogen-bond donors (Lipinski definition) is 1. The Kier molecular flexibility index (Phi) is 11.3. The first-order chi connectivity index (χ1) is 16.0. The first kappa shape index (κ1) is 28.9. The number of hydrogen-bond acceptors (Lipinski definition) is 3. The summed E-state index contributed by atoms with van der Waals surface area (Å²) in [6, 6.07) is 0. The number of amides is 2. The second-order valence-electron chi connectivity index (χ2n) is 7.90. The van der Waals surface area contributed by atoms with Gasteiger partial charge in [0.05, 0.1) is 24.0 Å². The quantitative estimate of drug-likeness (QED) is 0.473. The van der Waals surface area contributed by atoms with Gasteiger partial charge in [-0.25, -0.2) is 0 Å². The molecule has 6 rings (SSSR count). The van der Waals surface area contributed by atoms with E-state index in [0.717, 1.165) is 11.4 Å². The van der Waals surface area contributed by atoms with E-state index in [0.29, 0.717) is 17.8 Å². The molecule has 5 nitrogen and oxygen atoms in total. The van der Waals surface area contributed by atoms with Crippen molar-refractivity contribution >= 4 is 11.8 Å². The molecule has 186 valence electrons. The molecule has 8 atom stereocenters. The lowest BCUT2D eigenvalue weighted by Gasteiger charge is -2.17. The largest absolute Gasteiger partial charge is 0.365 e. The third-order valence-corrected chi connectivity index (χ3v) is 6.78. The third kappa shape index (κ3) is 5.03. The maximum Gasteiger partial charge on any atom is 0.230 e. The van der Waals surface area contributed by atoms with Crippen molar-refractivity contribution < 1.29 is 14.3 Å². The number of likely N-dealkylation sites (tertiary alicyclic amines) is 1. The third-order valence-electron chi connectivity index (χ3n) is 6.78. The van der Waals surface area contributed by atoms with Gasteiger partial charge in [0.25, 0.3) is 0 Å². The molecule has 0 aromatic rings. The zero-order valence-corrected chi connectivity index (χ0v) is 22.2. The van der Waals surface area contributed by atoms with Crippen molar-refractivity contribution in [3.05, 3.63) is 48.9 Å². The Morgan fingerprint density at radius 3 is 1.76 bits per heavy atom. The van der Waals surface area contributed by atoms with Crippen LogP contribution in [0.2, 0.25) is 0 Å². The van der Waals surface area contributed by atoms with E-state index in [2.05, 4.69) is 30.6 Å². The molecule has 8 unspecified atom stereocenters. The van der Waals surface area contributed by atoms with E-state index >= 15 is 0 Å². The number of allylic oxidation sites excluding steroid dienone is 3. The van der Waals surface area contributed by atoms with Crippen LogP contribution in [-0.2, 0) is 14.3 Å². The van der Waals surface area contributed by atoms with Crippen LogP contribution in [0.3, 0.4) is 0 Å². The molecule has 2 amide bonds. The zero-order chi connectivity index (χ0) is 25.5. The molecule has 4 bridgehead atoms. The summed E-state index contributed by atoms with van der Waals surface area (Å²) in [5.74, 6) is 2.29. The number of rotatable bonds is 0. The van der Waals surface area contributed by atoms with Gasteiger partial charge in [-0.15, -0.1) is 0 Å². The molecule has 6 aliphatic rings. The zero-order valence-electron chi connectivity index (χ0n) is 22.2. The standard InChI is InChI=1S/C11H13NO.C9H9NO2.4C2H6/c1-6-9-7-3-4-8(5-7)10(9)11(13)12(6)2;1-4-7-5-2-3-6(12-5)8(7)9(11)10-4;4*1-2/h3-4,7-10H,1,5H2,2H3;2-3,5-8H,1H2,(H,10,11);4*1-2H3. The van der Waals surface area contributed by atoms with E-state index in [-0.39, 0.29) is 41.8 Å². The molecule has 0 aromatic heterocycles. The van der Waals surface area contributed by atoms with Gasteiger partial charge in [-0.1, -0.05) is 92.9 Å². The van der Waals surface area contributed by atoms with E-state index in [1.54, 1.807) is 4.90 Å². The molecule has 4 heterocycles. The van der Waals surface area contributed by atoms with Crippen LogP contribution in [0, 0.1) is 35.5 Å². The summed E-state index contributed by atoms with van der Waals surface area (Å²) in [4.78, 5) is 24.9. The number of nitrogens with one attached hydrogen (secondary N) is 1. The van der Waals surface area contributed by atoms with Crippen LogP contribution in [0.5, 0.6) is 0 Å². The maximum atomic E-state index is 11.8. The van der Waals surface area contributed by atoms with Crippen LogP contribution in [0.1, 0.15) is 61.8 Å². The van der Waals surface area contributed by atoms with Gasteiger partial charge < -0.3 is 15.0 Å². The summed E-state index contributed by atoms with van der Waals surface area (Å²) in [7, 11) is 1.85. The molecule has 0 spiro atoms. The molecule has 3 saturated heterocycles. The molecular formula is C28H46N2O3. The summed E-state index contributed by atoms with van der Waals surface area (Å²) in [5.41, 5.74) is 1.86. The lowest BCUT2D eigenvalue weighted by molar-refractivity contribution is -0.130. The second-order valence-corrected chi connectivity index (χ2v) is 7.90. The summed E-state index contributed by atoms with van der Waals surface area (Å²) < 4.78 is 5.55. The van der Waals surface area contributed by atoms with Crippen LogP contribution in [0.15, 0.2) is 48.9 Å². The van der Waals surface area contributed by atoms with Crippen molar-refractivity contribution in [3.63, 3.8) is 0 Å². The van der Waals surface area contributed by atoms with Crippen molar-refractivity contribution in [2.45, 2.75) is 74.0 Å². The predicted molar refractivity (Wildman–Crippen MR) is 137 cm³/mol. The first-order valence-corrected chi connectivity index (χ1v) is 13.0. The highest BCUT2D eigenvalue weighted by atomic mass is 16.5. The number of ether oxygens (including phenoxy) is 1. The summed E-state index contributed by atoms with van der Waals surface area (Å²) in [5, 5.41) is 2.77. The highest BCUT2D eigenvalue weighted by Crippen LogP contribution is 2.55. The minimum absolute atomic E-state index is 0.000694. The Balaban J connectivity index is 0.000000255. The summed E-state index contributed by atoms with van der Waals surface area (Å²) in [6.07, 6.45) is 9.75. The van der Waals surface area contributed by atoms with E-state index in [1.807, 2.05) is 74.6 Å². The van der Waals surface area contributed by atoms with Gasteiger partial charge in [-0.05, 0) is 18.3 Å². The van der Waals surface area contributed by atoms with Crippen LogP contribution >= 0.6 is 0 Å². The van der Waals surface area contributed by atoms with E-state index < -0.39 is 0 Å². The smallest absolute Gasteiger partial charge is 0.230 e. The topological polar surface area (TPSA) is 58.6 Å². The highest BCUT2D eigenvalue weighted by molar-refractivity contribution is 5.86. The first-order valence-electron chi connectivity index (χ1n) is 13.0. The Morgan fingerprint density at radius 2 is 1.27 bits per heavy atom. The van der Waals surface area contributed by atoms with Crippen LogP contribution < -0.4 is 5.32 Å². The second kappa shape index (κ2) is 12.9. The lowest BCUT2D eigenvalue weighted by atomic mass is 9.84. The minimum Gasteiger partial charge on any atom is -0.365 e. The van der Waals surface area contributed by atoms with E-state index in [9.17, 15) is 9.59 Å². The van der Waals surface area contributed by atoms with Gasteiger partial charge in [0.2, 0.25) is 11.8 Å². The Hall–Kier alpha value is -2.14. The van der Waals surface area contributed by atoms with Gasteiger partial charge in [-0.3, -0.25) is 9.59 Å². The van der Waals surface area contributed by atoms with Gasteiger partial charge >= 0.3 is 0 Å². The summed E-state index contributed by atoms with van der Waals surface area (Å²) >= 11 is 0. The van der Waals surface area contributed by atoms with Gasteiger partial charge in [0, 0.05) is 30.3 Å². The number of carbonyl (C=O) groups excluding carboxylic acids is 2. The fourth-order valence-electron chi connectivity index (χ4n) is 5.56. The molecular weight excluding hydrogens is 412 g/mol. The average molecular weight is 459 g/mol. The monoisotopic (exact) mass is 458 g/mol. The van der Waals surface area contributed by atoms with Gasteiger partial charge in [0.1, 0.15) is 0 Å². The van der Waals surface area contributed by atoms with E-state index in [1.165, 1.54) is 6.42 Å². The molecule has 1 saturated carbocycles.